The highest BCUT2D eigenvalue weighted by Crippen LogP contribution is 2.11. The Morgan fingerprint density at radius 3 is 0.985 bits per heavy atom. The van der Waals surface area contributed by atoms with Crippen LogP contribution in [0.4, 0.5) is 0 Å². The highest BCUT2D eigenvalue weighted by atomic mass is 16.6. The molecule has 0 aliphatic rings. The lowest BCUT2D eigenvalue weighted by molar-refractivity contribution is -0.167. The summed E-state index contributed by atoms with van der Waals surface area (Å²) >= 11 is 0. The van der Waals surface area contributed by atoms with Crippen molar-refractivity contribution in [3.8, 4) is 0 Å². The van der Waals surface area contributed by atoms with Gasteiger partial charge in [0.1, 0.15) is 13.2 Å². The SMILES string of the molecule is CC/C=C\C/C=C\C/C=C\C/C=C\CCCCCCC(=O)OC[C@H](COC(=O)CCC/C=C\C/C=C\C/C=C\C/C=C\CCCCC)OC(=O)CCCC/C=C\C/C=C\C/C=C\CCCCC. The molecule has 0 aromatic heterocycles. The van der Waals surface area contributed by atoms with Crippen LogP contribution in [0.5, 0.6) is 0 Å². The van der Waals surface area contributed by atoms with Crippen LogP contribution in [0.25, 0.3) is 0 Å². The molecule has 0 unspecified atom stereocenters. The molecule has 0 saturated carbocycles. The molecular weight excluding hydrogens is 829 g/mol. The summed E-state index contributed by atoms with van der Waals surface area (Å²) in [5, 5.41) is 0. The summed E-state index contributed by atoms with van der Waals surface area (Å²) in [6, 6.07) is 0. The van der Waals surface area contributed by atoms with Gasteiger partial charge in [0.15, 0.2) is 6.10 Å². The van der Waals surface area contributed by atoms with Crippen molar-refractivity contribution in [2.45, 2.75) is 219 Å². The maximum atomic E-state index is 12.8. The minimum atomic E-state index is -0.835. The van der Waals surface area contributed by atoms with Crippen molar-refractivity contribution in [1.29, 1.82) is 0 Å². The first kappa shape index (κ1) is 62.5. The van der Waals surface area contributed by atoms with E-state index in [0.29, 0.717) is 19.3 Å². The Labute approximate surface area is 411 Å². The lowest BCUT2D eigenvalue weighted by Gasteiger charge is -2.18. The van der Waals surface area contributed by atoms with Crippen LogP contribution in [0.2, 0.25) is 0 Å². The quantitative estimate of drug-likeness (QED) is 0.0262. The predicted molar refractivity (Wildman–Crippen MR) is 288 cm³/mol. The summed E-state index contributed by atoms with van der Waals surface area (Å²) in [6.45, 7) is 6.35. The maximum Gasteiger partial charge on any atom is 0.306 e. The minimum absolute atomic E-state index is 0.128. The van der Waals surface area contributed by atoms with Gasteiger partial charge in [-0.15, -0.1) is 0 Å². The highest BCUT2D eigenvalue weighted by molar-refractivity contribution is 5.71. The van der Waals surface area contributed by atoms with Gasteiger partial charge in [-0.1, -0.05) is 193 Å². The van der Waals surface area contributed by atoms with Crippen LogP contribution >= 0.6 is 0 Å². The number of hydrogen-bond donors (Lipinski definition) is 0. The zero-order valence-electron chi connectivity index (χ0n) is 42.9. The molecule has 0 rings (SSSR count). The number of esters is 3. The van der Waals surface area contributed by atoms with Crippen LogP contribution in [0.3, 0.4) is 0 Å². The van der Waals surface area contributed by atoms with Gasteiger partial charge in [-0.25, -0.2) is 0 Å². The second kappa shape index (κ2) is 54.2. The smallest absolute Gasteiger partial charge is 0.306 e. The molecule has 376 valence electrons. The third-order valence-corrected chi connectivity index (χ3v) is 10.6. The lowest BCUT2D eigenvalue weighted by Crippen LogP contribution is -2.30. The van der Waals surface area contributed by atoms with E-state index in [2.05, 4.69) is 154 Å². The van der Waals surface area contributed by atoms with E-state index in [-0.39, 0.29) is 44.0 Å². The second-order valence-electron chi connectivity index (χ2n) is 17.0. The van der Waals surface area contributed by atoms with Gasteiger partial charge in [0.25, 0.3) is 0 Å². The van der Waals surface area contributed by atoms with E-state index >= 15 is 0 Å². The Bertz CT molecular complexity index is 1480. The Hall–Kier alpha value is -4.45. The zero-order chi connectivity index (χ0) is 48.6. The van der Waals surface area contributed by atoms with Gasteiger partial charge in [-0.3, -0.25) is 14.4 Å². The first-order valence-corrected chi connectivity index (χ1v) is 26.7. The fourth-order valence-corrected chi connectivity index (χ4v) is 6.61. The van der Waals surface area contributed by atoms with Crippen LogP contribution in [-0.4, -0.2) is 37.2 Å². The Balaban J connectivity index is 4.60. The summed E-state index contributed by atoms with van der Waals surface area (Å²) in [6.07, 6.45) is 75.8. The van der Waals surface area contributed by atoms with Crippen molar-refractivity contribution < 1.29 is 28.6 Å². The molecule has 0 amide bonds. The van der Waals surface area contributed by atoms with Gasteiger partial charge < -0.3 is 14.2 Å². The summed E-state index contributed by atoms with van der Waals surface area (Å²) in [4.78, 5) is 38.0. The number of carbonyl (C=O) groups excluding carboxylic acids is 3. The average molecular weight is 925 g/mol. The first-order valence-electron chi connectivity index (χ1n) is 26.7. The summed E-state index contributed by atoms with van der Waals surface area (Å²) in [5.74, 6) is -1.06. The fraction of sp³-hybridized carbons (Fsp3) is 0.590. The molecule has 0 saturated heterocycles. The molecule has 0 bridgehead atoms. The number of hydrogen-bond acceptors (Lipinski definition) is 6. The number of allylic oxidation sites excluding steroid dienone is 22. The van der Waals surface area contributed by atoms with Crippen molar-refractivity contribution in [1.82, 2.24) is 0 Å². The van der Waals surface area contributed by atoms with Gasteiger partial charge in [-0.05, 0) is 135 Å². The largest absolute Gasteiger partial charge is 0.462 e. The van der Waals surface area contributed by atoms with Crippen LogP contribution in [0, 0.1) is 0 Å². The summed E-state index contributed by atoms with van der Waals surface area (Å²) in [7, 11) is 0. The normalized spacial score (nSPS) is 13.2. The molecule has 67 heavy (non-hydrogen) atoms. The second-order valence-corrected chi connectivity index (χ2v) is 17.0. The van der Waals surface area contributed by atoms with Gasteiger partial charge in [0.05, 0.1) is 0 Å². The van der Waals surface area contributed by atoms with Crippen molar-refractivity contribution in [3.63, 3.8) is 0 Å². The molecule has 0 aromatic carbocycles. The molecule has 0 N–H and O–H groups in total. The molecule has 6 nitrogen and oxygen atoms in total. The molecule has 6 heteroatoms. The lowest BCUT2D eigenvalue weighted by atomic mass is 10.1. The summed E-state index contributed by atoms with van der Waals surface area (Å²) in [5.41, 5.74) is 0. The third kappa shape index (κ3) is 52.4. The van der Waals surface area contributed by atoms with Crippen LogP contribution in [0.15, 0.2) is 134 Å². The number of ether oxygens (including phenoxy) is 3. The van der Waals surface area contributed by atoms with Crippen LogP contribution in [0.1, 0.15) is 213 Å². The van der Waals surface area contributed by atoms with Crippen LogP contribution in [-0.2, 0) is 28.6 Å². The number of unbranched alkanes of at least 4 members (excludes halogenated alkanes) is 13. The van der Waals surface area contributed by atoms with E-state index in [0.717, 1.165) is 109 Å². The van der Waals surface area contributed by atoms with Crippen molar-refractivity contribution in [2.75, 3.05) is 13.2 Å². The van der Waals surface area contributed by atoms with E-state index < -0.39 is 6.10 Å². The molecule has 1 atom stereocenters. The molecule has 0 spiro atoms. The minimum Gasteiger partial charge on any atom is -0.462 e. The standard InChI is InChI=1S/C61H96O6/c1-4-7-10-13-16-19-22-25-28-30-33-35-38-41-44-47-50-53-59(62)65-56-58(67-61(64)55-52-49-46-43-40-37-32-27-24-21-18-15-12-9-6-3)57-66-60(63)54-51-48-45-42-39-36-34-31-29-26-23-20-17-14-11-8-5-2/h7,10,16-21,25-29,32-36,40,42-43,45,58H,4-6,8-9,11-15,22-24,30-31,37-39,41,44,46-57H2,1-3H3/b10-7-,19-16-,20-17-,21-18-,28-25-,29-26-,32-27-,35-33-,36-34-,43-40-,45-42-/t58-/m1/s1. The van der Waals surface area contributed by atoms with E-state index in [4.69, 9.17) is 14.2 Å². The van der Waals surface area contributed by atoms with Gasteiger partial charge in [0, 0.05) is 19.3 Å². The van der Waals surface area contributed by atoms with E-state index in [9.17, 15) is 14.4 Å². The molecule has 0 radical (unpaired) electrons. The predicted octanol–water partition coefficient (Wildman–Crippen LogP) is 17.9. The molecule has 0 fully saturated rings. The van der Waals surface area contributed by atoms with Crippen molar-refractivity contribution in [2.24, 2.45) is 0 Å². The Morgan fingerprint density at radius 2 is 0.597 bits per heavy atom. The molecule has 0 aliphatic carbocycles. The molecule has 0 heterocycles. The zero-order valence-corrected chi connectivity index (χ0v) is 42.9. The Kier molecular flexibility index (Phi) is 50.6. The van der Waals surface area contributed by atoms with Crippen LogP contribution < -0.4 is 0 Å². The van der Waals surface area contributed by atoms with E-state index in [1.165, 1.54) is 51.4 Å². The maximum absolute atomic E-state index is 12.8. The summed E-state index contributed by atoms with van der Waals surface area (Å²) < 4.78 is 16.7. The topological polar surface area (TPSA) is 78.9 Å². The fourth-order valence-electron chi connectivity index (χ4n) is 6.61. The van der Waals surface area contributed by atoms with Gasteiger partial charge in [-0.2, -0.15) is 0 Å². The third-order valence-electron chi connectivity index (χ3n) is 10.6. The number of rotatable bonds is 46. The van der Waals surface area contributed by atoms with Gasteiger partial charge in [0.2, 0.25) is 0 Å². The first-order chi connectivity index (χ1) is 33.0. The monoisotopic (exact) mass is 925 g/mol. The molecule has 0 aliphatic heterocycles. The Morgan fingerprint density at radius 1 is 0.313 bits per heavy atom. The van der Waals surface area contributed by atoms with Gasteiger partial charge >= 0.3 is 17.9 Å². The number of carbonyl (C=O) groups is 3. The molecule has 0 aromatic rings. The van der Waals surface area contributed by atoms with Crippen molar-refractivity contribution in [3.05, 3.63) is 134 Å². The van der Waals surface area contributed by atoms with E-state index in [1.807, 2.05) is 0 Å². The van der Waals surface area contributed by atoms with E-state index in [1.54, 1.807) is 0 Å². The molecular formula is C61H96O6. The van der Waals surface area contributed by atoms with Crippen molar-refractivity contribution >= 4 is 17.9 Å². The highest BCUT2D eigenvalue weighted by Gasteiger charge is 2.19. The average Bonchev–Trinajstić information content (AvgIpc) is 3.33.